The SMILES string of the molecule is CC(=O)c1ccc(O[Si](C(C)C)(C(C)C)C(C)C)c(C)c1. The Morgan fingerprint density at radius 1 is 1.00 bits per heavy atom. The summed E-state index contributed by atoms with van der Waals surface area (Å²) in [5, 5.41) is 0. The molecule has 0 atom stereocenters. The van der Waals surface area contributed by atoms with E-state index in [4.69, 9.17) is 4.43 Å². The van der Waals surface area contributed by atoms with Crippen molar-refractivity contribution < 1.29 is 9.22 Å². The first-order valence-electron chi connectivity index (χ1n) is 7.93. The summed E-state index contributed by atoms with van der Waals surface area (Å²) in [6, 6.07) is 5.80. The molecule has 0 aliphatic carbocycles. The zero-order chi connectivity index (χ0) is 16.4. The molecule has 0 saturated carbocycles. The van der Waals surface area contributed by atoms with E-state index in [9.17, 15) is 4.79 Å². The fourth-order valence-corrected chi connectivity index (χ4v) is 8.84. The van der Waals surface area contributed by atoms with Crippen molar-refractivity contribution in [3.63, 3.8) is 0 Å². The second-order valence-corrected chi connectivity index (χ2v) is 12.3. The number of benzene rings is 1. The van der Waals surface area contributed by atoms with Crippen molar-refractivity contribution in [1.29, 1.82) is 0 Å². The molecule has 0 amide bonds. The van der Waals surface area contributed by atoms with Gasteiger partial charge in [0, 0.05) is 5.56 Å². The van der Waals surface area contributed by atoms with Crippen LogP contribution in [0.2, 0.25) is 16.6 Å². The highest BCUT2D eigenvalue weighted by molar-refractivity contribution is 6.78. The van der Waals surface area contributed by atoms with Crippen molar-refractivity contribution in [1.82, 2.24) is 0 Å². The molecule has 2 nitrogen and oxygen atoms in total. The number of Topliss-reactive ketones (excluding diaryl/α,β-unsaturated/α-hetero) is 1. The van der Waals surface area contributed by atoms with Crippen LogP contribution in [0.15, 0.2) is 18.2 Å². The molecule has 0 aromatic heterocycles. The molecular formula is C18H30O2Si. The van der Waals surface area contributed by atoms with Gasteiger partial charge in [-0.1, -0.05) is 41.5 Å². The van der Waals surface area contributed by atoms with Gasteiger partial charge in [0.2, 0.25) is 0 Å². The minimum Gasteiger partial charge on any atom is -0.543 e. The van der Waals surface area contributed by atoms with E-state index in [0.717, 1.165) is 16.9 Å². The Morgan fingerprint density at radius 3 is 1.81 bits per heavy atom. The third-order valence-electron chi connectivity index (χ3n) is 4.58. The number of carbonyl (C=O) groups excluding carboxylic acids is 1. The number of aryl methyl sites for hydroxylation is 1. The van der Waals surface area contributed by atoms with Gasteiger partial charge < -0.3 is 4.43 Å². The summed E-state index contributed by atoms with van der Waals surface area (Å²) in [6.45, 7) is 17.3. The summed E-state index contributed by atoms with van der Waals surface area (Å²) >= 11 is 0. The number of carbonyl (C=O) groups is 1. The highest BCUT2D eigenvalue weighted by Gasteiger charge is 2.47. The molecule has 0 saturated heterocycles. The van der Waals surface area contributed by atoms with Crippen molar-refractivity contribution >= 4 is 14.1 Å². The van der Waals surface area contributed by atoms with E-state index in [0.29, 0.717) is 16.6 Å². The average Bonchev–Trinajstić information content (AvgIpc) is 2.35. The molecule has 0 aliphatic rings. The molecule has 0 N–H and O–H groups in total. The van der Waals surface area contributed by atoms with Crippen molar-refractivity contribution in [2.24, 2.45) is 0 Å². The molecule has 1 aromatic carbocycles. The summed E-state index contributed by atoms with van der Waals surface area (Å²) in [5.74, 6) is 1.05. The Hall–Kier alpha value is -1.09. The lowest BCUT2D eigenvalue weighted by Gasteiger charge is -2.42. The predicted molar refractivity (Wildman–Crippen MR) is 92.9 cm³/mol. The fraction of sp³-hybridized carbons (Fsp3) is 0.611. The summed E-state index contributed by atoms with van der Waals surface area (Å²) < 4.78 is 6.68. The third kappa shape index (κ3) is 3.57. The van der Waals surface area contributed by atoms with Gasteiger partial charge in [-0.3, -0.25) is 4.79 Å². The Labute approximate surface area is 131 Å². The number of hydrogen-bond donors (Lipinski definition) is 0. The quantitative estimate of drug-likeness (QED) is 0.494. The van der Waals surface area contributed by atoms with Crippen molar-refractivity contribution in [3.05, 3.63) is 29.3 Å². The van der Waals surface area contributed by atoms with Gasteiger partial charge >= 0.3 is 0 Å². The van der Waals surface area contributed by atoms with E-state index < -0.39 is 8.32 Å². The Morgan fingerprint density at radius 2 is 1.48 bits per heavy atom. The van der Waals surface area contributed by atoms with Gasteiger partial charge in [-0.25, -0.2) is 0 Å². The lowest BCUT2D eigenvalue weighted by atomic mass is 10.1. The second kappa shape index (κ2) is 6.78. The van der Waals surface area contributed by atoms with E-state index in [2.05, 4.69) is 41.5 Å². The van der Waals surface area contributed by atoms with Gasteiger partial charge in [-0.05, 0) is 54.2 Å². The zero-order valence-corrected chi connectivity index (χ0v) is 15.8. The summed E-state index contributed by atoms with van der Waals surface area (Å²) in [7, 11) is -1.93. The summed E-state index contributed by atoms with van der Waals surface area (Å²) in [5.41, 5.74) is 3.45. The van der Waals surface area contributed by atoms with Crippen molar-refractivity contribution in [2.75, 3.05) is 0 Å². The van der Waals surface area contributed by atoms with Crippen LogP contribution in [-0.2, 0) is 0 Å². The van der Waals surface area contributed by atoms with Crippen LogP contribution in [-0.4, -0.2) is 14.1 Å². The number of ketones is 1. The standard InChI is InChI=1S/C18H30O2Si/c1-12(2)21(13(3)4,14(5)6)20-18-10-9-17(16(8)19)11-15(18)7/h9-14H,1-8H3. The molecule has 0 heterocycles. The minimum atomic E-state index is -1.93. The maximum absolute atomic E-state index is 11.5. The Bertz CT molecular complexity index is 482. The van der Waals surface area contributed by atoms with Gasteiger partial charge in [0.25, 0.3) is 8.32 Å². The van der Waals surface area contributed by atoms with E-state index in [-0.39, 0.29) is 5.78 Å². The van der Waals surface area contributed by atoms with E-state index in [1.54, 1.807) is 6.92 Å². The topological polar surface area (TPSA) is 26.3 Å². The molecule has 0 fully saturated rings. The first-order chi connectivity index (χ1) is 9.62. The van der Waals surface area contributed by atoms with Crippen LogP contribution >= 0.6 is 0 Å². The van der Waals surface area contributed by atoms with Gasteiger partial charge in [-0.2, -0.15) is 0 Å². The predicted octanol–water partition coefficient (Wildman–Crippen LogP) is 5.75. The van der Waals surface area contributed by atoms with Crippen LogP contribution in [0.1, 0.15) is 64.4 Å². The second-order valence-electron chi connectivity index (χ2n) is 6.96. The van der Waals surface area contributed by atoms with Crippen LogP contribution in [0, 0.1) is 6.92 Å². The lowest BCUT2D eigenvalue weighted by Crippen LogP contribution is -2.50. The number of rotatable bonds is 6. The smallest absolute Gasteiger partial charge is 0.258 e. The first-order valence-corrected chi connectivity index (χ1v) is 10.1. The fourth-order valence-electron chi connectivity index (χ4n) is 3.53. The molecule has 0 aliphatic heterocycles. The molecule has 0 unspecified atom stereocenters. The van der Waals surface area contributed by atoms with Crippen molar-refractivity contribution in [3.8, 4) is 5.75 Å². The van der Waals surface area contributed by atoms with Crippen LogP contribution in [0.3, 0.4) is 0 Å². The molecule has 21 heavy (non-hydrogen) atoms. The number of hydrogen-bond acceptors (Lipinski definition) is 2. The first kappa shape index (κ1) is 18.0. The van der Waals surface area contributed by atoms with Crippen LogP contribution in [0.4, 0.5) is 0 Å². The van der Waals surface area contributed by atoms with Gasteiger partial charge in [0.15, 0.2) is 5.78 Å². The highest BCUT2D eigenvalue weighted by atomic mass is 28.4. The zero-order valence-electron chi connectivity index (χ0n) is 14.8. The minimum absolute atomic E-state index is 0.102. The maximum Gasteiger partial charge on any atom is 0.258 e. The normalized spacial score (nSPS) is 12.3. The molecule has 0 spiro atoms. The van der Waals surface area contributed by atoms with Crippen LogP contribution < -0.4 is 4.43 Å². The van der Waals surface area contributed by atoms with E-state index >= 15 is 0 Å². The molecule has 118 valence electrons. The van der Waals surface area contributed by atoms with Crippen LogP contribution in [0.5, 0.6) is 5.75 Å². The van der Waals surface area contributed by atoms with Gasteiger partial charge in [-0.15, -0.1) is 0 Å². The molecule has 0 radical (unpaired) electrons. The Balaban J connectivity index is 3.24. The lowest BCUT2D eigenvalue weighted by molar-refractivity contribution is 0.101. The monoisotopic (exact) mass is 306 g/mol. The third-order valence-corrected chi connectivity index (χ3v) is 10.6. The average molecular weight is 307 g/mol. The Kier molecular flexibility index (Phi) is 5.80. The van der Waals surface area contributed by atoms with E-state index in [1.165, 1.54) is 0 Å². The highest BCUT2D eigenvalue weighted by Crippen LogP contribution is 2.43. The molecule has 1 aromatic rings. The summed E-state index contributed by atoms with van der Waals surface area (Å²) in [6.07, 6.45) is 0. The maximum atomic E-state index is 11.5. The molecule has 0 bridgehead atoms. The molecular weight excluding hydrogens is 276 g/mol. The van der Waals surface area contributed by atoms with E-state index in [1.807, 2.05) is 25.1 Å². The summed E-state index contributed by atoms with van der Waals surface area (Å²) in [4.78, 5) is 11.5. The van der Waals surface area contributed by atoms with Crippen molar-refractivity contribution in [2.45, 2.75) is 72.0 Å². The van der Waals surface area contributed by atoms with Crippen LogP contribution in [0.25, 0.3) is 0 Å². The molecule has 1 rings (SSSR count). The van der Waals surface area contributed by atoms with Gasteiger partial charge in [0.1, 0.15) is 5.75 Å². The van der Waals surface area contributed by atoms with Gasteiger partial charge in [0.05, 0.1) is 0 Å². The molecule has 3 heteroatoms. The largest absolute Gasteiger partial charge is 0.543 e.